The van der Waals surface area contributed by atoms with Crippen molar-refractivity contribution in [3.8, 4) is 17.1 Å². The van der Waals surface area contributed by atoms with Crippen LogP contribution in [0.25, 0.3) is 22.3 Å². The number of fused-ring (bicyclic) bond motifs is 1. The van der Waals surface area contributed by atoms with E-state index in [0.717, 1.165) is 16.5 Å². The van der Waals surface area contributed by atoms with Crippen molar-refractivity contribution in [2.75, 3.05) is 0 Å². The average Bonchev–Trinajstić information content (AvgIpc) is 2.71. The molecule has 0 saturated carbocycles. The first-order valence-electron chi connectivity index (χ1n) is 5.62. The lowest BCUT2D eigenvalue weighted by Gasteiger charge is -2.02. The van der Waals surface area contributed by atoms with E-state index in [1.165, 1.54) is 12.1 Å². The summed E-state index contributed by atoms with van der Waals surface area (Å²) < 4.78 is 18.8. The van der Waals surface area contributed by atoms with E-state index in [0.29, 0.717) is 11.3 Å². The first-order chi connectivity index (χ1) is 8.63. The lowest BCUT2D eigenvalue weighted by Crippen LogP contribution is -1.79. The summed E-state index contributed by atoms with van der Waals surface area (Å²) in [4.78, 5) is 0. The van der Waals surface area contributed by atoms with E-state index < -0.39 is 0 Å². The first kappa shape index (κ1) is 10.8. The molecule has 0 bridgehead atoms. The fraction of sp³-hybridized carbons (Fsp3) is 0.0667. The molecule has 2 nitrogen and oxygen atoms in total. The van der Waals surface area contributed by atoms with Crippen molar-refractivity contribution < 1.29 is 13.9 Å². The Morgan fingerprint density at radius 1 is 1.06 bits per heavy atom. The molecule has 0 aliphatic rings. The van der Waals surface area contributed by atoms with Gasteiger partial charge >= 0.3 is 0 Å². The van der Waals surface area contributed by atoms with E-state index in [2.05, 4.69) is 0 Å². The van der Waals surface area contributed by atoms with Crippen LogP contribution in [0.4, 0.5) is 4.39 Å². The third kappa shape index (κ3) is 1.74. The Bertz CT molecular complexity index is 728. The van der Waals surface area contributed by atoms with Crippen LogP contribution < -0.4 is 0 Å². The maximum atomic E-state index is 13.1. The molecule has 18 heavy (non-hydrogen) atoms. The molecule has 0 aliphatic heterocycles. The van der Waals surface area contributed by atoms with Gasteiger partial charge in [0, 0.05) is 10.9 Å². The molecule has 1 heterocycles. The molecule has 0 fully saturated rings. The Hall–Kier alpha value is -2.29. The van der Waals surface area contributed by atoms with Gasteiger partial charge in [-0.15, -0.1) is 0 Å². The molecule has 0 saturated heterocycles. The molecule has 1 N–H and O–H groups in total. The number of phenolic OH excluding ortho intramolecular Hbond substituents is 1. The van der Waals surface area contributed by atoms with Crippen molar-refractivity contribution in [3.63, 3.8) is 0 Å². The van der Waals surface area contributed by atoms with Crippen LogP contribution in [-0.2, 0) is 0 Å². The van der Waals surface area contributed by atoms with Crippen LogP contribution in [0, 0.1) is 12.7 Å². The van der Waals surface area contributed by atoms with E-state index in [1.807, 2.05) is 6.92 Å². The van der Waals surface area contributed by atoms with Crippen molar-refractivity contribution in [2.24, 2.45) is 0 Å². The van der Waals surface area contributed by atoms with Gasteiger partial charge in [0.2, 0.25) is 0 Å². The van der Waals surface area contributed by atoms with E-state index in [1.54, 1.807) is 30.3 Å². The highest BCUT2D eigenvalue weighted by Crippen LogP contribution is 2.31. The van der Waals surface area contributed by atoms with Crippen LogP contribution in [0.2, 0.25) is 0 Å². The summed E-state index contributed by atoms with van der Waals surface area (Å²) in [6.45, 7) is 1.89. The van der Waals surface area contributed by atoms with E-state index in [-0.39, 0.29) is 11.6 Å². The van der Waals surface area contributed by atoms with Crippen LogP contribution in [0.15, 0.2) is 46.9 Å². The third-order valence-electron chi connectivity index (χ3n) is 2.95. The summed E-state index contributed by atoms with van der Waals surface area (Å²) in [7, 11) is 0. The Morgan fingerprint density at radius 2 is 1.89 bits per heavy atom. The second kappa shape index (κ2) is 3.88. The van der Waals surface area contributed by atoms with E-state index in [4.69, 9.17) is 4.42 Å². The predicted molar refractivity (Wildman–Crippen MR) is 68.0 cm³/mol. The minimum absolute atomic E-state index is 0.221. The molecule has 0 radical (unpaired) electrons. The maximum absolute atomic E-state index is 13.1. The standard InChI is InChI=1S/C15H11FO2/c1-9-6-12(17)3-4-13(9)15-8-10-7-11(16)2-5-14(10)18-15/h2-8,17H,1H3. The summed E-state index contributed by atoms with van der Waals surface area (Å²) in [6.07, 6.45) is 0. The van der Waals surface area contributed by atoms with E-state index >= 15 is 0 Å². The van der Waals surface area contributed by atoms with Crippen LogP contribution in [0.1, 0.15) is 5.56 Å². The molecule has 3 rings (SSSR count). The van der Waals surface area contributed by atoms with Gasteiger partial charge in [-0.3, -0.25) is 0 Å². The first-order valence-corrected chi connectivity index (χ1v) is 5.62. The van der Waals surface area contributed by atoms with Gasteiger partial charge in [-0.05, 0) is 55.0 Å². The van der Waals surface area contributed by atoms with Gasteiger partial charge in [-0.25, -0.2) is 4.39 Å². The number of aryl methyl sites for hydroxylation is 1. The fourth-order valence-corrected chi connectivity index (χ4v) is 2.07. The van der Waals surface area contributed by atoms with Crippen LogP contribution in [0.3, 0.4) is 0 Å². The summed E-state index contributed by atoms with van der Waals surface area (Å²) in [6, 6.07) is 11.3. The predicted octanol–water partition coefficient (Wildman–Crippen LogP) is 4.25. The Morgan fingerprint density at radius 3 is 2.67 bits per heavy atom. The monoisotopic (exact) mass is 242 g/mol. The van der Waals surface area contributed by atoms with Gasteiger partial charge < -0.3 is 9.52 Å². The number of rotatable bonds is 1. The molecular weight excluding hydrogens is 231 g/mol. The maximum Gasteiger partial charge on any atom is 0.135 e. The largest absolute Gasteiger partial charge is 0.508 e. The minimum Gasteiger partial charge on any atom is -0.508 e. The fourth-order valence-electron chi connectivity index (χ4n) is 2.07. The van der Waals surface area contributed by atoms with Crippen molar-refractivity contribution in [3.05, 3.63) is 53.8 Å². The SMILES string of the molecule is Cc1cc(O)ccc1-c1cc2cc(F)ccc2o1. The zero-order chi connectivity index (χ0) is 12.7. The highest BCUT2D eigenvalue weighted by atomic mass is 19.1. The smallest absolute Gasteiger partial charge is 0.135 e. The Kier molecular flexibility index (Phi) is 2.33. The van der Waals surface area contributed by atoms with E-state index in [9.17, 15) is 9.50 Å². The van der Waals surface area contributed by atoms with Crippen LogP contribution >= 0.6 is 0 Å². The van der Waals surface area contributed by atoms with Crippen LogP contribution in [-0.4, -0.2) is 5.11 Å². The van der Waals surface area contributed by atoms with Gasteiger partial charge in [0.15, 0.2) is 0 Å². The number of aromatic hydroxyl groups is 1. The molecule has 3 aromatic rings. The van der Waals surface area contributed by atoms with Gasteiger partial charge in [0.05, 0.1) is 0 Å². The number of halogens is 1. The van der Waals surface area contributed by atoms with Gasteiger partial charge in [0.25, 0.3) is 0 Å². The lowest BCUT2D eigenvalue weighted by molar-refractivity contribution is 0.475. The number of hydrogen-bond donors (Lipinski definition) is 1. The van der Waals surface area contributed by atoms with Gasteiger partial charge in [-0.1, -0.05) is 0 Å². The Balaban J connectivity index is 2.19. The molecule has 0 unspecified atom stereocenters. The number of furan rings is 1. The quantitative estimate of drug-likeness (QED) is 0.691. The summed E-state index contributed by atoms with van der Waals surface area (Å²) in [5.74, 6) is 0.615. The summed E-state index contributed by atoms with van der Waals surface area (Å²) in [5.41, 5.74) is 2.46. The average molecular weight is 242 g/mol. The third-order valence-corrected chi connectivity index (χ3v) is 2.95. The minimum atomic E-state index is -0.280. The van der Waals surface area contributed by atoms with Crippen molar-refractivity contribution in [2.45, 2.75) is 6.92 Å². The van der Waals surface area contributed by atoms with Gasteiger partial charge in [0.1, 0.15) is 22.9 Å². The molecule has 0 amide bonds. The van der Waals surface area contributed by atoms with Crippen molar-refractivity contribution in [1.82, 2.24) is 0 Å². The zero-order valence-electron chi connectivity index (χ0n) is 9.77. The molecule has 0 atom stereocenters. The molecular formula is C15H11FO2. The topological polar surface area (TPSA) is 33.4 Å². The number of benzene rings is 2. The van der Waals surface area contributed by atoms with Crippen LogP contribution in [0.5, 0.6) is 5.75 Å². The van der Waals surface area contributed by atoms with Gasteiger partial charge in [-0.2, -0.15) is 0 Å². The number of hydrogen-bond acceptors (Lipinski definition) is 2. The molecule has 2 aromatic carbocycles. The molecule has 3 heteroatoms. The highest BCUT2D eigenvalue weighted by Gasteiger charge is 2.09. The van der Waals surface area contributed by atoms with Crippen molar-refractivity contribution in [1.29, 1.82) is 0 Å². The molecule has 0 spiro atoms. The normalized spacial score (nSPS) is 11.0. The number of phenols is 1. The second-order valence-corrected chi connectivity index (χ2v) is 4.29. The second-order valence-electron chi connectivity index (χ2n) is 4.29. The Labute approximate surface area is 103 Å². The summed E-state index contributed by atoms with van der Waals surface area (Å²) in [5, 5.41) is 10.1. The summed E-state index contributed by atoms with van der Waals surface area (Å²) >= 11 is 0. The molecule has 90 valence electrons. The van der Waals surface area contributed by atoms with Crippen molar-refractivity contribution >= 4 is 11.0 Å². The molecule has 1 aromatic heterocycles. The highest BCUT2D eigenvalue weighted by molar-refractivity contribution is 5.83. The molecule has 0 aliphatic carbocycles. The zero-order valence-corrected chi connectivity index (χ0v) is 9.77. The lowest BCUT2D eigenvalue weighted by atomic mass is 10.1.